The molecule has 2 N–H and O–H groups in total. The van der Waals surface area contributed by atoms with Crippen LogP contribution in [0.4, 0.5) is 10.6 Å². The Balaban J connectivity index is 1.58. The van der Waals surface area contributed by atoms with Gasteiger partial charge < -0.3 is 5.32 Å². The zero-order chi connectivity index (χ0) is 18.5. The zero-order valence-electron chi connectivity index (χ0n) is 15.1. The van der Waals surface area contributed by atoms with Gasteiger partial charge in [-0.05, 0) is 24.0 Å². The second-order valence-corrected chi connectivity index (χ2v) is 7.56. The molecule has 2 heterocycles. The van der Waals surface area contributed by atoms with Crippen LogP contribution in [0.3, 0.4) is 0 Å². The van der Waals surface area contributed by atoms with Crippen LogP contribution in [0.5, 0.6) is 0 Å². The fourth-order valence-corrected chi connectivity index (χ4v) is 3.12. The number of amides is 2. The van der Waals surface area contributed by atoms with Crippen LogP contribution in [-0.4, -0.2) is 26.0 Å². The van der Waals surface area contributed by atoms with Crippen molar-refractivity contribution in [3.8, 4) is 0 Å². The Kier molecular flexibility index (Phi) is 5.62. The average Bonchev–Trinajstić information content (AvgIpc) is 3.22. The van der Waals surface area contributed by atoms with Crippen molar-refractivity contribution in [2.45, 2.75) is 39.8 Å². The van der Waals surface area contributed by atoms with Crippen LogP contribution in [0, 0.1) is 6.92 Å². The third-order valence-corrected chi connectivity index (χ3v) is 4.74. The van der Waals surface area contributed by atoms with Gasteiger partial charge in [0, 0.05) is 6.07 Å². The summed E-state index contributed by atoms with van der Waals surface area (Å²) in [6.45, 7) is 7.17. The van der Waals surface area contributed by atoms with Crippen molar-refractivity contribution >= 4 is 23.2 Å². The van der Waals surface area contributed by atoms with E-state index >= 15 is 0 Å². The van der Waals surface area contributed by atoms with E-state index in [1.165, 1.54) is 16.9 Å². The van der Waals surface area contributed by atoms with Gasteiger partial charge in [0.25, 0.3) is 0 Å². The van der Waals surface area contributed by atoms with Crippen LogP contribution in [0.1, 0.15) is 40.9 Å². The van der Waals surface area contributed by atoms with E-state index in [1.54, 1.807) is 16.9 Å². The summed E-state index contributed by atoms with van der Waals surface area (Å²) >= 11 is 1.46. The standard InChI is InChI=1S/C18H22N6OS/c1-12(2)15-6-4-14(5-7-15)11-24-16(8-9-20-24)21-18(25)19-10-17-23-22-13(3)26-17/h4-9,12H,10-11H2,1-3H3,(H2,19,21,25). The maximum Gasteiger partial charge on any atom is 0.320 e. The number of benzene rings is 1. The lowest BCUT2D eigenvalue weighted by molar-refractivity contribution is 0.251. The smallest absolute Gasteiger partial charge is 0.320 e. The molecule has 1 aromatic carbocycles. The predicted octanol–water partition coefficient (Wildman–Crippen LogP) is 3.54. The van der Waals surface area contributed by atoms with Crippen molar-refractivity contribution in [1.29, 1.82) is 0 Å². The van der Waals surface area contributed by atoms with E-state index in [-0.39, 0.29) is 6.03 Å². The second-order valence-electron chi connectivity index (χ2n) is 6.29. The van der Waals surface area contributed by atoms with Gasteiger partial charge in [-0.15, -0.1) is 10.2 Å². The minimum atomic E-state index is -0.297. The maximum atomic E-state index is 12.1. The van der Waals surface area contributed by atoms with Gasteiger partial charge >= 0.3 is 6.03 Å². The van der Waals surface area contributed by atoms with Gasteiger partial charge in [0.1, 0.15) is 15.8 Å². The third kappa shape index (κ3) is 4.66. The highest BCUT2D eigenvalue weighted by Gasteiger charge is 2.09. The summed E-state index contributed by atoms with van der Waals surface area (Å²) in [7, 11) is 0. The van der Waals surface area contributed by atoms with Crippen LogP contribution in [0.25, 0.3) is 0 Å². The molecule has 0 aliphatic rings. The van der Waals surface area contributed by atoms with Crippen molar-refractivity contribution in [3.63, 3.8) is 0 Å². The summed E-state index contributed by atoms with van der Waals surface area (Å²) in [6, 6.07) is 9.93. The largest absolute Gasteiger partial charge is 0.331 e. The fraction of sp³-hybridized carbons (Fsp3) is 0.333. The molecule has 0 saturated heterocycles. The number of nitrogens with zero attached hydrogens (tertiary/aromatic N) is 4. The molecule has 3 aromatic rings. The van der Waals surface area contributed by atoms with Gasteiger partial charge in [-0.25, -0.2) is 9.48 Å². The molecule has 0 unspecified atom stereocenters. The van der Waals surface area contributed by atoms with Gasteiger partial charge in [-0.3, -0.25) is 5.32 Å². The van der Waals surface area contributed by atoms with Gasteiger partial charge in [0.2, 0.25) is 0 Å². The highest BCUT2D eigenvalue weighted by molar-refractivity contribution is 7.11. The first-order valence-electron chi connectivity index (χ1n) is 8.46. The Morgan fingerprint density at radius 3 is 2.62 bits per heavy atom. The van der Waals surface area contributed by atoms with E-state index in [0.717, 1.165) is 15.6 Å². The van der Waals surface area contributed by atoms with Gasteiger partial charge in [-0.2, -0.15) is 5.10 Å². The highest BCUT2D eigenvalue weighted by atomic mass is 32.1. The van der Waals surface area contributed by atoms with Crippen molar-refractivity contribution in [3.05, 3.63) is 57.7 Å². The maximum absolute atomic E-state index is 12.1. The van der Waals surface area contributed by atoms with E-state index in [2.05, 4.69) is 64.0 Å². The molecule has 3 rings (SSSR count). The molecule has 7 nitrogen and oxygen atoms in total. The van der Waals surface area contributed by atoms with Gasteiger partial charge in [-0.1, -0.05) is 49.4 Å². The molecule has 8 heteroatoms. The molecule has 2 amide bonds. The fourth-order valence-electron chi connectivity index (χ4n) is 2.47. The summed E-state index contributed by atoms with van der Waals surface area (Å²) in [6.07, 6.45) is 1.67. The lowest BCUT2D eigenvalue weighted by atomic mass is 10.0. The van der Waals surface area contributed by atoms with Crippen LogP contribution < -0.4 is 10.6 Å². The number of hydrogen-bond donors (Lipinski definition) is 2. The summed E-state index contributed by atoms with van der Waals surface area (Å²) in [5.74, 6) is 1.15. The van der Waals surface area contributed by atoms with Crippen LogP contribution in [0.15, 0.2) is 36.5 Å². The lowest BCUT2D eigenvalue weighted by Crippen LogP contribution is -2.29. The monoisotopic (exact) mass is 370 g/mol. The number of carbonyl (C=O) groups excluding carboxylic acids is 1. The van der Waals surface area contributed by atoms with Crippen molar-refractivity contribution < 1.29 is 4.79 Å². The minimum Gasteiger partial charge on any atom is -0.331 e. The predicted molar refractivity (Wildman–Crippen MR) is 102 cm³/mol. The molecule has 0 atom stereocenters. The normalized spacial score (nSPS) is 10.9. The third-order valence-electron chi connectivity index (χ3n) is 3.90. The second kappa shape index (κ2) is 8.09. The molecule has 26 heavy (non-hydrogen) atoms. The summed E-state index contributed by atoms with van der Waals surface area (Å²) in [5.41, 5.74) is 2.43. The Morgan fingerprint density at radius 2 is 1.96 bits per heavy atom. The molecule has 0 radical (unpaired) electrons. The van der Waals surface area contributed by atoms with Crippen LogP contribution in [-0.2, 0) is 13.1 Å². The molecule has 136 valence electrons. The van der Waals surface area contributed by atoms with E-state index < -0.39 is 0 Å². The first-order valence-corrected chi connectivity index (χ1v) is 9.27. The van der Waals surface area contributed by atoms with Gasteiger partial charge in [0.05, 0.1) is 19.3 Å². The Morgan fingerprint density at radius 1 is 1.19 bits per heavy atom. The molecule has 0 aliphatic carbocycles. The molecule has 0 aliphatic heterocycles. The van der Waals surface area contributed by atoms with E-state index in [4.69, 9.17) is 0 Å². The summed E-state index contributed by atoms with van der Waals surface area (Å²) < 4.78 is 1.76. The Bertz CT molecular complexity index is 868. The summed E-state index contributed by atoms with van der Waals surface area (Å²) in [4.78, 5) is 12.1. The minimum absolute atomic E-state index is 0.297. The molecule has 2 aromatic heterocycles. The van der Waals surface area contributed by atoms with Crippen LogP contribution >= 0.6 is 11.3 Å². The van der Waals surface area contributed by atoms with E-state index in [1.807, 2.05) is 6.92 Å². The molecular weight excluding hydrogens is 348 g/mol. The molecular formula is C18H22N6OS. The number of anilines is 1. The first-order chi connectivity index (χ1) is 12.5. The highest BCUT2D eigenvalue weighted by Crippen LogP contribution is 2.16. The number of urea groups is 1. The van der Waals surface area contributed by atoms with Crippen molar-refractivity contribution in [2.24, 2.45) is 0 Å². The van der Waals surface area contributed by atoms with E-state index in [9.17, 15) is 4.79 Å². The summed E-state index contributed by atoms with van der Waals surface area (Å²) in [5, 5.41) is 19.5. The quantitative estimate of drug-likeness (QED) is 0.695. The molecule has 0 fully saturated rings. The number of nitrogens with one attached hydrogen (secondary N) is 2. The van der Waals surface area contributed by atoms with Crippen molar-refractivity contribution in [1.82, 2.24) is 25.3 Å². The van der Waals surface area contributed by atoms with Crippen molar-refractivity contribution in [2.75, 3.05) is 5.32 Å². The average molecular weight is 370 g/mol. The number of hydrogen-bond acceptors (Lipinski definition) is 5. The number of aromatic nitrogens is 4. The first kappa shape index (κ1) is 18.1. The molecule has 0 spiro atoms. The Hall–Kier alpha value is -2.74. The van der Waals surface area contributed by atoms with E-state index in [0.29, 0.717) is 24.8 Å². The number of aryl methyl sites for hydroxylation is 1. The molecule has 0 saturated carbocycles. The lowest BCUT2D eigenvalue weighted by Gasteiger charge is -2.11. The molecule has 0 bridgehead atoms. The van der Waals surface area contributed by atoms with Crippen LogP contribution in [0.2, 0.25) is 0 Å². The number of rotatable bonds is 6. The SMILES string of the molecule is Cc1nnc(CNC(=O)Nc2ccnn2Cc2ccc(C(C)C)cc2)s1. The Labute approximate surface area is 156 Å². The topological polar surface area (TPSA) is 84.7 Å². The zero-order valence-corrected chi connectivity index (χ0v) is 15.9. The van der Waals surface area contributed by atoms with Gasteiger partial charge in [0.15, 0.2) is 0 Å². The number of carbonyl (C=O) groups is 1.